The van der Waals surface area contributed by atoms with Gasteiger partial charge in [0.2, 0.25) is 5.91 Å². The van der Waals surface area contributed by atoms with Crippen molar-refractivity contribution in [2.24, 2.45) is 5.92 Å². The van der Waals surface area contributed by atoms with Crippen molar-refractivity contribution in [3.05, 3.63) is 90.9 Å². The Kier molecular flexibility index (Phi) is 6.34. The molecule has 1 unspecified atom stereocenters. The average Bonchev–Trinajstić information content (AvgIpc) is 3.76. The number of amides is 1. The number of nitrogen functional groups attached to an aromatic ring is 1. The summed E-state index contributed by atoms with van der Waals surface area (Å²) in [6.45, 7) is 5.29. The molecule has 206 valence electrons. The third-order valence-corrected chi connectivity index (χ3v) is 8.61. The number of pyridine rings is 2. The molecule has 0 bridgehead atoms. The predicted molar refractivity (Wildman–Crippen MR) is 159 cm³/mol. The second-order valence-electron chi connectivity index (χ2n) is 11.0. The van der Waals surface area contributed by atoms with Crippen LogP contribution >= 0.6 is 0 Å². The fourth-order valence-corrected chi connectivity index (χ4v) is 6.51. The summed E-state index contributed by atoms with van der Waals surface area (Å²) < 4.78 is 3.84. The Hall–Kier alpha value is -4.79. The van der Waals surface area contributed by atoms with Gasteiger partial charge in [-0.15, -0.1) is 0 Å². The zero-order chi connectivity index (χ0) is 27.9. The number of nitrogens with zero attached hydrogens (tertiary/aromatic N) is 7. The van der Waals surface area contributed by atoms with Crippen molar-refractivity contribution < 1.29 is 4.79 Å². The molecule has 0 radical (unpaired) electrons. The van der Waals surface area contributed by atoms with Gasteiger partial charge in [-0.3, -0.25) is 9.36 Å². The van der Waals surface area contributed by atoms with E-state index in [0.29, 0.717) is 23.5 Å². The molecule has 1 aliphatic heterocycles. The lowest BCUT2D eigenvalue weighted by Crippen LogP contribution is -2.37. The van der Waals surface area contributed by atoms with Gasteiger partial charge in [0.05, 0.1) is 5.56 Å². The third kappa shape index (κ3) is 4.57. The van der Waals surface area contributed by atoms with Gasteiger partial charge in [0, 0.05) is 37.4 Å². The number of imidazole rings is 1. The number of aromatic nitrogens is 6. The molecular weight excluding hydrogens is 512 g/mol. The fourth-order valence-electron chi connectivity index (χ4n) is 6.51. The molecule has 41 heavy (non-hydrogen) atoms. The largest absolute Gasteiger partial charge is 0.383 e. The summed E-state index contributed by atoms with van der Waals surface area (Å²) in [6, 6.07) is 16.4. The summed E-state index contributed by atoms with van der Waals surface area (Å²) in [5.74, 6) is 3.10. The summed E-state index contributed by atoms with van der Waals surface area (Å²) in [4.78, 5) is 28.2. The molecule has 0 spiro atoms. The molecule has 0 saturated carbocycles. The summed E-state index contributed by atoms with van der Waals surface area (Å²) in [7, 11) is 0. The molecule has 4 aromatic heterocycles. The lowest BCUT2D eigenvalue weighted by Gasteiger charge is -2.32. The minimum atomic E-state index is 0.0489. The van der Waals surface area contributed by atoms with E-state index in [4.69, 9.17) is 15.7 Å². The summed E-state index contributed by atoms with van der Waals surface area (Å²) in [6.07, 6.45) is 12.2. The van der Waals surface area contributed by atoms with Gasteiger partial charge < -0.3 is 10.6 Å². The molecule has 1 amide bonds. The molecular formula is C32H32N8O. The van der Waals surface area contributed by atoms with Gasteiger partial charge in [-0.05, 0) is 104 Å². The number of nitrogens with two attached hydrogens (primary N) is 1. The van der Waals surface area contributed by atoms with E-state index in [2.05, 4.69) is 39.4 Å². The Morgan fingerprint density at radius 1 is 1.05 bits per heavy atom. The number of anilines is 1. The number of carbonyl (C=O) groups is 1. The first-order chi connectivity index (χ1) is 20.1. The monoisotopic (exact) mass is 544 g/mol. The first-order valence-electron chi connectivity index (χ1n) is 14.2. The summed E-state index contributed by atoms with van der Waals surface area (Å²) in [5.41, 5.74) is 12.4. The second-order valence-corrected chi connectivity index (χ2v) is 11.0. The first kappa shape index (κ1) is 25.2. The fraction of sp³-hybridized carbons (Fsp3) is 0.281. The van der Waals surface area contributed by atoms with Crippen LogP contribution in [0, 0.1) is 5.92 Å². The number of rotatable bonds is 6. The Morgan fingerprint density at radius 3 is 2.71 bits per heavy atom. The van der Waals surface area contributed by atoms with Crippen molar-refractivity contribution in [3.63, 3.8) is 0 Å². The molecule has 9 nitrogen and oxygen atoms in total. The normalized spacial score (nSPS) is 17.2. The SMILES string of the molecule is C=CC(=O)N1CCC(CC2CCc3cc(-n4c(-c5cccnc5N)nc5ccc(-n6cccn6)nc54)ccc32)CC1. The molecule has 1 aliphatic carbocycles. The minimum absolute atomic E-state index is 0.0489. The molecule has 1 aromatic carbocycles. The van der Waals surface area contributed by atoms with Crippen LogP contribution in [-0.2, 0) is 11.2 Å². The number of piperidine rings is 1. The van der Waals surface area contributed by atoms with Crippen LogP contribution in [0.4, 0.5) is 5.82 Å². The highest BCUT2D eigenvalue weighted by Gasteiger charge is 2.29. The van der Waals surface area contributed by atoms with Crippen LogP contribution in [0.15, 0.2) is 79.8 Å². The number of carbonyl (C=O) groups excluding carboxylic acids is 1. The highest BCUT2D eigenvalue weighted by atomic mass is 16.2. The summed E-state index contributed by atoms with van der Waals surface area (Å²) >= 11 is 0. The molecule has 1 fully saturated rings. The number of hydrogen-bond acceptors (Lipinski definition) is 6. The molecule has 2 aliphatic rings. The highest BCUT2D eigenvalue weighted by Crippen LogP contribution is 2.41. The minimum Gasteiger partial charge on any atom is -0.383 e. The van der Waals surface area contributed by atoms with Crippen LogP contribution in [0.25, 0.3) is 34.1 Å². The van der Waals surface area contributed by atoms with Gasteiger partial charge in [0.25, 0.3) is 0 Å². The van der Waals surface area contributed by atoms with E-state index >= 15 is 0 Å². The lowest BCUT2D eigenvalue weighted by atomic mass is 9.84. The molecule has 2 N–H and O–H groups in total. The van der Waals surface area contributed by atoms with E-state index in [-0.39, 0.29) is 5.91 Å². The molecule has 7 rings (SSSR count). The molecule has 1 atom stereocenters. The van der Waals surface area contributed by atoms with E-state index in [0.717, 1.165) is 67.0 Å². The number of hydrogen-bond donors (Lipinski definition) is 1. The van der Waals surface area contributed by atoms with Crippen molar-refractivity contribution in [1.29, 1.82) is 0 Å². The van der Waals surface area contributed by atoms with Crippen molar-refractivity contribution >= 4 is 22.9 Å². The van der Waals surface area contributed by atoms with E-state index < -0.39 is 0 Å². The standard InChI is InChI=1S/C32H32N8O/c1-2-29(41)38-17-12-21(13-18-38)19-22-6-7-23-20-24(8-9-25(22)23)40-31(26-5-3-14-34-30(26)33)36-27-10-11-28(37-32(27)40)39-16-4-15-35-39/h2-5,8-11,14-16,20-22H,1,6-7,12-13,17-19H2,(H2,33,34). The Bertz CT molecular complexity index is 1750. The third-order valence-electron chi connectivity index (χ3n) is 8.61. The van der Waals surface area contributed by atoms with E-state index in [1.54, 1.807) is 17.1 Å². The Labute approximate surface area is 238 Å². The van der Waals surface area contributed by atoms with Gasteiger partial charge in [0.1, 0.15) is 11.3 Å². The number of likely N-dealkylation sites (tertiary alicyclic amines) is 1. The van der Waals surface area contributed by atoms with Crippen molar-refractivity contribution in [1.82, 2.24) is 34.2 Å². The maximum absolute atomic E-state index is 12.0. The quantitative estimate of drug-likeness (QED) is 0.298. The van der Waals surface area contributed by atoms with E-state index in [9.17, 15) is 4.79 Å². The maximum atomic E-state index is 12.0. The van der Waals surface area contributed by atoms with Gasteiger partial charge in [-0.1, -0.05) is 12.6 Å². The molecule has 5 heterocycles. The highest BCUT2D eigenvalue weighted by molar-refractivity contribution is 5.87. The predicted octanol–water partition coefficient (Wildman–Crippen LogP) is 5.09. The van der Waals surface area contributed by atoms with E-state index in [1.807, 2.05) is 41.4 Å². The van der Waals surface area contributed by atoms with Gasteiger partial charge in [0.15, 0.2) is 17.3 Å². The van der Waals surface area contributed by atoms with E-state index in [1.165, 1.54) is 23.6 Å². The molecule has 1 saturated heterocycles. The van der Waals surface area contributed by atoms with Crippen LogP contribution in [0.1, 0.15) is 42.7 Å². The zero-order valence-corrected chi connectivity index (χ0v) is 22.9. The van der Waals surface area contributed by atoms with Crippen molar-refractivity contribution in [2.75, 3.05) is 18.8 Å². The first-order valence-corrected chi connectivity index (χ1v) is 14.2. The molecule has 9 heteroatoms. The Balaban J connectivity index is 1.24. The summed E-state index contributed by atoms with van der Waals surface area (Å²) in [5, 5.41) is 4.37. The van der Waals surface area contributed by atoms with Crippen LogP contribution in [0.2, 0.25) is 0 Å². The van der Waals surface area contributed by atoms with Crippen LogP contribution in [0.3, 0.4) is 0 Å². The average molecular weight is 545 g/mol. The van der Waals surface area contributed by atoms with Gasteiger partial charge in [-0.2, -0.15) is 5.10 Å². The lowest BCUT2D eigenvalue weighted by molar-refractivity contribution is -0.127. The van der Waals surface area contributed by atoms with Gasteiger partial charge in [-0.25, -0.2) is 19.6 Å². The maximum Gasteiger partial charge on any atom is 0.245 e. The van der Waals surface area contributed by atoms with Crippen LogP contribution < -0.4 is 5.73 Å². The van der Waals surface area contributed by atoms with Crippen molar-refractivity contribution in [3.8, 4) is 22.9 Å². The number of fused-ring (bicyclic) bond motifs is 2. The van der Waals surface area contributed by atoms with Crippen LogP contribution in [-0.4, -0.2) is 53.2 Å². The number of aryl methyl sites for hydroxylation is 1. The second kappa shape index (κ2) is 10.3. The zero-order valence-electron chi connectivity index (χ0n) is 22.9. The number of benzene rings is 1. The van der Waals surface area contributed by atoms with Crippen molar-refractivity contribution in [2.45, 2.75) is 38.0 Å². The van der Waals surface area contributed by atoms with Gasteiger partial charge >= 0.3 is 0 Å². The Morgan fingerprint density at radius 2 is 1.93 bits per heavy atom. The topological polar surface area (TPSA) is 108 Å². The smallest absolute Gasteiger partial charge is 0.245 e. The van der Waals surface area contributed by atoms with Crippen LogP contribution in [0.5, 0.6) is 0 Å². The molecule has 5 aromatic rings.